The molecule has 1 unspecified atom stereocenters. The molecule has 0 bridgehead atoms. The molecule has 1 amide bonds. The summed E-state index contributed by atoms with van der Waals surface area (Å²) < 4.78 is 27.0. The lowest BCUT2D eigenvalue weighted by atomic mass is 9.92. The molecular formula is C21H24F2N2O3. The first-order chi connectivity index (χ1) is 13.3. The minimum Gasteiger partial charge on any atom is -0.465 e. The highest BCUT2D eigenvalue weighted by atomic mass is 19.1. The highest BCUT2D eigenvalue weighted by Crippen LogP contribution is 2.34. The lowest BCUT2D eigenvalue weighted by molar-refractivity contribution is -0.0289. The maximum Gasteiger partial charge on any atom is 0.407 e. The van der Waals surface area contributed by atoms with Crippen molar-refractivity contribution < 1.29 is 23.8 Å². The Kier molecular flexibility index (Phi) is 5.96. The van der Waals surface area contributed by atoms with E-state index < -0.39 is 18.2 Å². The fourth-order valence-electron chi connectivity index (χ4n) is 3.88. The van der Waals surface area contributed by atoms with Crippen LogP contribution in [0.2, 0.25) is 0 Å². The van der Waals surface area contributed by atoms with Gasteiger partial charge in [0.15, 0.2) is 0 Å². The zero-order valence-electron chi connectivity index (χ0n) is 15.8. The van der Waals surface area contributed by atoms with E-state index in [0.29, 0.717) is 6.54 Å². The summed E-state index contributed by atoms with van der Waals surface area (Å²) in [5, 5.41) is 19.9. The number of nitrogens with zero attached hydrogens (tertiary/aromatic N) is 2. The van der Waals surface area contributed by atoms with E-state index in [9.17, 15) is 23.8 Å². The van der Waals surface area contributed by atoms with Crippen LogP contribution in [-0.4, -0.2) is 57.4 Å². The molecular weight excluding hydrogens is 366 g/mol. The Hall–Kier alpha value is -2.51. The standard InChI is InChI=1S/C21H24F2N2O3/c1-13-11-25(19(14(2)26)12-24(13)21(27)28)20(15-3-7-17(22)8-4-15)16-5-9-18(23)10-6-16/h3-10,13-14,19-20,26H,11-12H2,1-2H3,(H,27,28)/t13-,14?,19-/m0/s1. The third-order valence-electron chi connectivity index (χ3n) is 5.32. The van der Waals surface area contributed by atoms with Gasteiger partial charge in [0, 0.05) is 19.1 Å². The molecule has 2 aromatic rings. The molecule has 1 aliphatic heterocycles. The van der Waals surface area contributed by atoms with Gasteiger partial charge in [-0.05, 0) is 49.2 Å². The van der Waals surface area contributed by atoms with Crippen molar-refractivity contribution in [2.45, 2.75) is 38.1 Å². The molecule has 150 valence electrons. The van der Waals surface area contributed by atoms with Gasteiger partial charge in [-0.25, -0.2) is 13.6 Å². The summed E-state index contributed by atoms with van der Waals surface area (Å²) in [5.74, 6) is -0.726. The molecule has 0 saturated carbocycles. The number of carboxylic acid groups (broad SMARTS) is 1. The zero-order valence-corrected chi connectivity index (χ0v) is 15.8. The van der Waals surface area contributed by atoms with E-state index in [-0.39, 0.29) is 30.3 Å². The third kappa shape index (κ3) is 4.15. The van der Waals surface area contributed by atoms with Gasteiger partial charge in [-0.1, -0.05) is 24.3 Å². The monoisotopic (exact) mass is 390 g/mol. The number of benzene rings is 2. The Bertz CT molecular complexity index is 766. The quantitative estimate of drug-likeness (QED) is 0.839. The van der Waals surface area contributed by atoms with Crippen molar-refractivity contribution in [2.75, 3.05) is 13.1 Å². The first kappa shape index (κ1) is 20.2. The number of rotatable bonds is 4. The van der Waals surface area contributed by atoms with E-state index in [1.807, 2.05) is 11.8 Å². The average Bonchev–Trinajstić information content (AvgIpc) is 2.64. The lowest BCUT2D eigenvalue weighted by Crippen LogP contribution is -2.62. The van der Waals surface area contributed by atoms with E-state index in [0.717, 1.165) is 11.1 Å². The van der Waals surface area contributed by atoms with Crippen LogP contribution in [0.4, 0.5) is 13.6 Å². The summed E-state index contributed by atoms with van der Waals surface area (Å²) in [6.45, 7) is 3.96. The third-order valence-corrected chi connectivity index (χ3v) is 5.32. The van der Waals surface area contributed by atoms with Gasteiger partial charge in [-0.3, -0.25) is 4.90 Å². The van der Waals surface area contributed by atoms with Crippen LogP contribution in [0, 0.1) is 11.6 Å². The molecule has 3 rings (SSSR count). The molecule has 1 aliphatic rings. The zero-order chi connectivity index (χ0) is 20.4. The molecule has 2 aromatic carbocycles. The minimum absolute atomic E-state index is 0.146. The SMILES string of the molecule is CC(O)[C@@H]1CN(C(=O)O)[C@@H](C)CN1C(c1ccc(F)cc1)c1ccc(F)cc1. The summed E-state index contributed by atoms with van der Waals surface area (Å²) in [7, 11) is 0. The predicted octanol–water partition coefficient (Wildman–Crippen LogP) is 3.49. The van der Waals surface area contributed by atoms with Gasteiger partial charge >= 0.3 is 6.09 Å². The maximum atomic E-state index is 13.5. The first-order valence-electron chi connectivity index (χ1n) is 9.22. The van der Waals surface area contributed by atoms with Crippen LogP contribution < -0.4 is 0 Å². The lowest BCUT2D eigenvalue weighted by Gasteiger charge is -2.48. The Morgan fingerprint density at radius 2 is 1.46 bits per heavy atom. The van der Waals surface area contributed by atoms with Crippen LogP contribution in [0.15, 0.2) is 48.5 Å². The Labute approximate surface area is 162 Å². The Balaban J connectivity index is 2.06. The molecule has 3 atom stereocenters. The van der Waals surface area contributed by atoms with Crippen LogP contribution in [0.25, 0.3) is 0 Å². The molecule has 0 aliphatic carbocycles. The number of halogens is 2. The topological polar surface area (TPSA) is 64.0 Å². The van der Waals surface area contributed by atoms with Crippen molar-refractivity contribution >= 4 is 6.09 Å². The van der Waals surface area contributed by atoms with E-state index in [2.05, 4.69) is 0 Å². The van der Waals surface area contributed by atoms with Gasteiger partial charge in [0.1, 0.15) is 11.6 Å². The van der Waals surface area contributed by atoms with E-state index >= 15 is 0 Å². The molecule has 1 fully saturated rings. The van der Waals surface area contributed by atoms with Crippen molar-refractivity contribution in [3.8, 4) is 0 Å². The Morgan fingerprint density at radius 3 is 1.86 bits per heavy atom. The van der Waals surface area contributed by atoms with E-state index in [4.69, 9.17) is 0 Å². The van der Waals surface area contributed by atoms with Gasteiger partial charge in [0.2, 0.25) is 0 Å². The minimum atomic E-state index is -1.03. The molecule has 1 heterocycles. The number of piperazine rings is 1. The van der Waals surface area contributed by atoms with Crippen molar-refractivity contribution in [1.82, 2.24) is 9.80 Å². The summed E-state index contributed by atoms with van der Waals surface area (Å²) >= 11 is 0. The van der Waals surface area contributed by atoms with Crippen LogP contribution in [-0.2, 0) is 0 Å². The van der Waals surface area contributed by atoms with Gasteiger partial charge in [-0.2, -0.15) is 0 Å². The number of aliphatic hydroxyl groups is 1. The number of hydrogen-bond acceptors (Lipinski definition) is 3. The molecule has 2 N–H and O–H groups in total. The van der Waals surface area contributed by atoms with E-state index in [1.54, 1.807) is 31.2 Å². The molecule has 28 heavy (non-hydrogen) atoms. The van der Waals surface area contributed by atoms with Crippen LogP contribution >= 0.6 is 0 Å². The van der Waals surface area contributed by atoms with Crippen molar-refractivity contribution in [3.05, 3.63) is 71.3 Å². The summed E-state index contributed by atoms with van der Waals surface area (Å²) in [4.78, 5) is 14.9. The highest BCUT2D eigenvalue weighted by molar-refractivity contribution is 5.65. The predicted molar refractivity (Wildman–Crippen MR) is 101 cm³/mol. The molecule has 0 aromatic heterocycles. The molecule has 5 nitrogen and oxygen atoms in total. The molecule has 0 spiro atoms. The van der Waals surface area contributed by atoms with Gasteiger partial charge in [0.05, 0.1) is 18.2 Å². The normalized spacial score (nSPS) is 21.7. The van der Waals surface area contributed by atoms with Gasteiger partial charge in [0.25, 0.3) is 0 Å². The second-order valence-corrected chi connectivity index (χ2v) is 7.29. The fraction of sp³-hybridized carbons (Fsp3) is 0.381. The highest BCUT2D eigenvalue weighted by Gasteiger charge is 2.40. The number of amides is 1. The second kappa shape index (κ2) is 8.24. The smallest absolute Gasteiger partial charge is 0.407 e. The average molecular weight is 390 g/mol. The maximum absolute atomic E-state index is 13.5. The van der Waals surface area contributed by atoms with Gasteiger partial charge < -0.3 is 15.1 Å². The molecule has 1 saturated heterocycles. The molecule has 7 heteroatoms. The second-order valence-electron chi connectivity index (χ2n) is 7.29. The van der Waals surface area contributed by atoms with Crippen LogP contribution in [0.1, 0.15) is 31.0 Å². The Morgan fingerprint density at radius 1 is 1.00 bits per heavy atom. The molecule has 0 radical (unpaired) electrons. The first-order valence-corrected chi connectivity index (χ1v) is 9.22. The van der Waals surface area contributed by atoms with Crippen molar-refractivity contribution in [2.24, 2.45) is 0 Å². The van der Waals surface area contributed by atoms with Crippen LogP contribution in [0.5, 0.6) is 0 Å². The van der Waals surface area contributed by atoms with Gasteiger partial charge in [-0.15, -0.1) is 0 Å². The number of hydrogen-bond donors (Lipinski definition) is 2. The summed E-state index contributed by atoms with van der Waals surface area (Å²) in [6, 6.07) is 11.0. The van der Waals surface area contributed by atoms with Crippen LogP contribution in [0.3, 0.4) is 0 Å². The largest absolute Gasteiger partial charge is 0.465 e. The number of aliphatic hydroxyl groups excluding tert-OH is 1. The van der Waals surface area contributed by atoms with E-state index in [1.165, 1.54) is 29.2 Å². The fourth-order valence-corrected chi connectivity index (χ4v) is 3.88. The van der Waals surface area contributed by atoms with Crippen molar-refractivity contribution in [1.29, 1.82) is 0 Å². The summed E-state index contributed by atoms with van der Waals surface area (Å²) in [5.41, 5.74) is 1.57. The number of carbonyl (C=O) groups is 1. The van der Waals surface area contributed by atoms with Crippen molar-refractivity contribution in [3.63, 3.8) is 0 Å². The summed E-state index contributed by atoms with van der Waals surface area (Å²) in [6.07, 6.45) is -1.82.